The van der Waals surface area contributed by atoms with Gasteiger partial charge in [-0.3, -0.25) is 9.59 Å². The molecule has 7 nitrogen and oxygen atoms in total. The van der Waals surface area contributed by atoms with Gasteiger partial charge in [-0.05, 0) is 41.8 Å². The normalized spacial score (nSPS) is 11.4. The first kappa shape index (κ1) is 23.0. The molecule has 8 heteroatoms. The number of benzene rings is 2. The molecule has 0 aliphatic rings. The van der Waals surface area contributed by atoms with Crippen LogP contribution in [0.1, 0.15) is 37.4 Å². The number of carbonyl (C=O) groups excluding carboxylic acids is 3. The Kier molecular flexibility index (Phi) is 7.52. The molecule has 2 heterocycles. The van der Waals surface area contributed by atoms with E-state index in [2.05, 4.69) is 10.6 Å². The van der Waals surface area contributed by atoms with Crippen molar-refractivity contribution in [2.45, 2.75) is 12.5 Å². The molecular formula is C26H22N2O5S. The number of anilines is 1. The van der Waals surface area contributed by atoms with Gasteiger partial charge in [-0.1, -0.05) is 60.7 Å². The van der Waals surface area contributed by atoms with Gasteiger partial charge in [0, 0.05) is 0 Å². The van der Waals surface area contributed by atoms with Crippen molar-refractivity contribution in [2.24, 2.45) is 0 Å². The van der Waals surface area contributed by atoms with E-state index < -0.39 is 24.4 Å². The highest BCUT2D eigenvalue weighted by atomic mass is 32.1. The maximum absolute atomic E-state index is 12.6. The molecule has 0 saturated carbocycles. The number of amides is 2. The van der Waals surface area contributed by atoms with E-state index >= 15 is 0 Å². The first-order valence-corrected chi connectivity index (χ1v) is 11.4. The van der Waals surface area contributed by atoms with Crippen molar-refractivity contribution >= 4 is 34.1 Å². The van der Waals surface area contributed by atoms with Gasteiger partial charge in [0.1, 0.15) is 4.88 Å². The van der Waals surface area contributed by atoms with Crippen LogP contribution in [0.3, 0.4) is 0 Å². The summed E-state index contributed by atoms with van der Waals surface area (Å²) >= 11 is 1.05. The first-order valence-electron chi connectivity index (χ1n) is 10.6. The second-order valence-electron chi connectivity index (χ2n) is 7.39. The van der Waals surface area contributed by atoms with Crippen molar-refractivity contribution in [3.05, 3.63) is 113 Å². The maximum atomic E-state index is 12.6. The molecule has 0 saturated heterocycles. The summed E-state index contributed by atoms with van der Waals surface area (Å²) in [6, 6.07) is 25.5. The predicted octanol–water partition coefficient (Wildman–Crippen LogP) is 4.85. The summed E-state index contributed by atoms with van der Waals surface area (Å²) in [6.07, 6.45) is 2.01. The molecule has 34 heavy (non-hydrogen) atoms. The topological polar surface area (TPSA) is 97.6 Å². The van der Waals surface area contributed by atoms with Crippen LogP contribution < -0.4 is 10.6 Å². The number of hydrogen-bond donors (Lipinski definition) is 2. The number of thiophene rings is 1. The lowest BCUT2D eigenvalue weighted by atomic mass is 9.99. The molecule has 4 rings (SSSR count). The quantitative estimate of drug-likeness (QED) is 0.338. The average Bonchev–Trinajstić information content (AvgIpc) is 3.56. The molecule has 0 fully saturated rings. The lowest BCUT2D eigenvalue weighted by Gasteiger charge is -2.19. The van der Waals surface area contributed by atoms with Gasteiger partial charge >= 0.3 is 5.97 Å². The van der Waals surface area contributed by atoms with Crippen LogP contribution in [0.5, 0.6) is 0 Å². The summed E-state index contributed by atoms with van der Waals surface area (Å²) in [5.74, 6) is -1.30. The number of furan rings is 1. The fourth-order valence-corrected chi connectivity index (χ4v) is 4.12. The van der Waals surface area contributed by atoms with Crippen molar-refractivity contribution in [3.8, 4) is 0 Å². The van der Waals surface area contributed by atoms with E-state index in [1.165, 1.54) is 18.4 Å². The molecule has 0 spiro atoms. The molecule has 0 radical (unpaired) electrons. The molecule has 1 unspecified atom stereocenters. The van der Waals surface area contributed by atoms with Gasteiger partial charge in [0.25, 0.3) is 11.8 Å². The second kappa shape index (κ2) is 11.1. The lowest BCUT2D eigenvalue weighted by molar-refractivity contribution is -0.125. The minimum Gasteiger partial charge on any atom is -0.459 e. The van der Waals surface area contributed by atoms with Gasteiger partial charge in [0.2, 0.25) is 0 Å². The standard InChI is InChI=1S/C26H22N2O5S/c29-23(27-20(19-10-5-2-6-11-19)16-18-8-3-1-4-9-18)17-33-26(31)22-13-14-24(34-22)28-25(30)21-12-7-15-32-21/h1-15,20H,16-17H2,(H,27,29)(H,28,30). The van der Waals surface area contributed by atoms with E-state index in [1.807, 2.05) is 60.7 Å². The van der Waals surface area contributed by atoms with E-state index in [-0.39, 0.29) is 16.7 Å². The van der Waals surface area contributed by atoms with Crippen LogP contribution in [0.15, 0.2) is 95.6 Å². The SMILES string of the molecule is O=C(COC(=O)c1ccc(NC(=O)c2ccco2)s1)NC(Cc1ccccc1)c1ccccc1. The third-order valence-corrected chi connectivity index (χ3v) is 5.92. The van der Waals surface area contributed by atoms with Crippen LogP contribution in [-0.4, -0.2) is 24.4 Å². The number of esters is 1. The number of ether oxygens (including phenoxy) is 1. The molecular weight excluding hydrogens is 452 g/mol. The molecule has 2 amide bonds. The van der Waals surface area contributed by atoms with Gasteiger partial charge in [-0.25, -0.2) is 4.79 Å². The van der Waals surface area contributed by atoms with Crippen LogP contribution >= 0.6 is 11.3 Å². The van der Waals surface area contributed by atoms with Crippen molar-refractivity contribution < 1.29 is 23.5 Å². The molecule has 1 atom stereocenters. The summed E-state index contributed by atoms with van der Waals surface area (Å²) in [4.78, 5) is 37.3. The maximum Gasteiger partial charge on any atom is 0.348 e. The molecule has 172 valence electrons. The van der Waals surface area contributed by atoms with Crippen LogP contribution in [0.4, 0.5) is 5.00 Å². The first-order chi connectivity index (χ1) is 16.6. The van der Waals surface area contributed by atoms with Crippen molar-refractivity contribution in [2.75, 3.05) is 11.9 Å². The highest BCUT2D eigenvalue weighted by Gasteiger charge is 2.18. The Morgan fingerprint density at radius 1 is 0.882 bits per heavy atom. The Bertz CT molecular complexity index is 1240. The number of nitrogens with one attached hydrogen (secondary N) is 2. The Morgan fingerprint density at radius 2 is 1.62 bits per heavy atom. The second-order valence-corrected chi connectivity index (χ2v) is 8.48. The molecule has 2 N–H and O–H groups in total. The Balaban J connectivity index is 1.32. The van der Waals surface area contributed by atoms with Gasteiger partial charge < -0.3 is 19.8 Å². The molecule has 0 aliphatic carbocycles. The number of rotatable bonds is 9. The molecule has 2 aromatic carbocycles. The summed E-state index contributed by atoms with van der Waals surface area (Å²) in [6.45, 7) is -0.414. The zero-order valence-corrected chi connectivity index (χ0v) is 18.9. The van der Waals surface area contributed by atoms with Gasteiger partial charge in [-0.15, -0.1) is 11.3 Å². The Labute approximate surface area is 200 Å². The van der Waals surface area contributed by atoms with Gasteiger partial charge in [0.05, 0.1) is 17.3 Å². The summed E-state index contributed by atoms with van der Waals surface area (Å²) in [5.41, 5.74) is 2.04. The van der Waals surface area contributed by atoms with E-state index in [0.29, 0.717) is 11.4 Å². The minimum atomic E-state index is -0.641. The molecule has 0 aliphatic heterocycles. The van der Waals surface area contributed by atoms with Crippen LogP contribution in [0, 0.1) is 0 Å². The fourth-order valence-electron chi connectivity index (χ4n) is 3.32. The van der Waals surface area contributed by atoms with E-state index in [4.69, 9.17) is 9.15 Å². The van der Waals surface area contributed by atoms with Crippen molar-refractivity contribution in [3.63, 3.8) is 0 Å². The predicted molar refractivity (Wildman–Crippen MR) is 129 cm³/mol. The molecule has 2 aromatic heterocycles. The zero-order valence-electron chi connectivity index (χ0n) is 18.1. The van der Waals surface area contributed by atoms with E-state index in [1.54, 1.807) is 12.1 Å². The Hall–Kier alpha value is -4.17. The van der Waals surface area contributed by atoms with Crippen LogP contribution in [0.2, 0.25) is 0 Å². The van der Waals surface area contributed by atoms with E-state index in [9.17, 15) is 14.4 Å². The minimum absolute atomic E-state index is 0.165. The van der Waals surface area contributed by atoms with Crippen molar-refractivity contribution in [1.82, 2.24) is 5.32 Å². The van der Waals surface area contributed by atoms with Gasteiger partial charge in [-0.2, -0.15) is 0 Å². The lowest BCUT2D eigenvalue weighted by Crippen LogP contribution is -2.33. The average molecular weight is 475 g/mol. The van der Waals surface area contributed by atoms with Gasteiger partial charge in [0.15, 0.2) is 12.4 Å². The highest BCUT2D eigenvalue weighted by molar-refractivity contribution is 7.18. The fraction of sp³-hybridized carbons (Fsp3) is 0.115. The summed E-state index contributed by atoms with van der Waals surface area (Å²) < 4.78 is 10.2. The molecule has 4 aromatic rings. The highest BCUT2D eigenvalue weighted by Crippen LogP contribution is 2.23. The Morgan fingerprint density at radius 3 is 2.32 bits per heavy atom. The van der Waals surface area contributed by atoms with Crippen molar-refractivity contribution in [1.29, 1.82) is 0 Å². The smallest absolute Gasteiger partial charge is 0.348 e. The summed E-state index contributed by atoms with van der Waals surface area (Å²) in [5, 5.41) is 6.07. The summed E-state index contributed by atoms with van der Waals surface area (Å²) in [7, 11) is 0. The third kappa shape index (κ3) is 6.20. The number of hydrogen-bond acceptors (Lipinski definition) is 6. The number of carbonyl (C=O) groups is 3. The van der Waals surface area contributed by atoms with Crippen LogP contribution in [0.25, 0.3) is 0 Å². The monoisotopic (exact) mass is 474 g/mol. The zero-order chi connectivity index (χ0) is 23.8. The van der Waals surface area contributed by atoms with E-state index in [0.717, 1.165) is 22.5 Å². The largest absolute Gasteiger partial charge is 0.459 e. The third-order valence-electron chi connectivity index (χ3n) is 4.94. The molecule has 0 bridgehead atoms. The van der Waals surface area contributed by atoms with Crippen LogP contribution in [-0.2, 0) is 16.0 Å².